The second-order valence-electron chi connectivity index (χ2n) is 5.64. The van der Waals surface area contributed by atoms with Gasteiger partial charge in [0.1, 0.15) is 5.69 Å². The fourth-order valence-corrected chi connectivity index (χ4v) is 2.62. The number of hydrogen-bond donors (Lipinski definition) is 1. The van der Waals surface area contributed by atoms with Crippen LogP contribution in [-0.2, 0) is 0 Å². The Kier molecular flexibility index (Phi) is 4.04. The zero-order chi connectivity index (χ0) is 15.5. The fraction of sp³-hybridized carbons (Fsp3) is 0.353. The Bertz CT molecular complexity index is 693. The third-order valence-corrected chi connectivity index (χ3v) is 4.12. The molecule has 5 heteroatoms. The number of carbonyl (C=O) groups excluding carboxylic acids is 1. The maximum Gasteiger partial charge on any atom is 0.274 e. The van der Waals surface area contributed by atoms with Crippen LogP contribution in [0.4, 0.5) is 11.6 Å². The molecule has 0 aliphatic carbocycles. The quantitative estimate of drug-likeness (QED) is 0.946. The molecular weight excluding hydrogens is 276 g/mol. The highest BCUT2D eigenvalue weighted by Gasteiger charge is 2.17. The van der Waals surface area contributed by atoms with Gasteiger partial charge in [-0.25, -0.2) is 9.97 Å². The largest absolute Gasteiger partial charge is 0.341 e. The summed E-state index contributed by atoms with van der Waals surface area (Å²) in [7, 11) is 0. The van der Waals surface area contributed by atoms with Crippen LogP contribution >= 0.6 is 0 Å². The SMILES string of the molecule is Cc1cccc(NC(=O)c2ccnc(N3CCCC3)n2)c1C. The molecule has 5 nitrogen and oxygen atoms in total. The molecular formula is C17H20N4O. The molecule has 114 valence electrons. The summed E-state index contributed by atoms with van der Waals surface area (Å²) in [6, 6.07) is 7.53. The summed E-state index contributed by atoms with van der Waals surface area (Å²) in [5, 5.41) is 2.94. The van der Waals surface area contributed by atoms with Gasteiger partial charge in [-0.3, -0.25) is 4.79 Å². The highest BCUT2D eigenvalue weighted by molar-refractivity contribution is 6.03. The molecule has 0 radical (unpaired) electrons. The molecule has 2 heterocycles. The average molecular weight is 296 g/mol. The van der Waals surface area contributed by atoms with E-state index >= 15 is 0 Å². The van der Waals surface area contributed by atoms with Gasteiger partial charge in [-0.1, -0.05) is 12.1 Å². The van der Waals surface area contributed by atoms with Gasteiger partial charge in [0.15, 0.2) is 0 Å². The maximum absolute atomic E-state index is 12.4. The van der Waals surface area contributed by atoms with E-state index in [1.54, 1.807) is 12.3 Å². The van der Waals surface area contributed by atoms with Crippen molar-refractivity contribution in [1.82, 2.24) is 9.97 Å². The number of amides is 1. The van der Waals surface area contributed by atoms with E-state index in [9.17, 15) is 4.79 Å². The number of nitrogens with zero attached hydrogens (tertiary/aromatic N) is 3. The summed E-state index contributed by atoms with van der Waals surface area (Å²) < 4.78 is 0. The van der Waals surface area contributed by atoms with Crippen LogP contribution in [0.2, 0.25) is 0 Å². The van der Waals surface area contributed by atoms with Crippen LogP contribution < -0.4 is 10.2 Å². The van der Waals surface area contributed by atoms with E-state index in [4.69, 9.17) is 0 Å². The van der Waals surface area contributed by atoms with Crippen LogP contribution in [0.25, 0.3) is 0 Å². The second kappa shape index (κ2) is 6.13. The Labute approximate surface area is 130 Å². The summed E-state index contributed by atoms with van der Waals surface area (Å²) >= 11 is 0. The van der Waals surface area contributed by atoms with Gasteiger partial charge in [-0.2, -0.15) is 0 Å². The summed E-state index contributed by atoms with van der Waals surface area (Å²) in [6.07, 6.45) is 3.96. The summed E-state index contributed by atoms with van der Waals surface area (Å²) in [5.74, 6) is 0.447. The molecule has 2 aromatic rings. The van der Waals surface area contributed by atoms with Crippen LogP contribution in [0.5, 0.6) is 0 Å². The number of nitrogens with one attached hydrogen (secondary N) is 1. The molecule has 3 rings (SSSR count). The molecule has 0 atom stereocenters. The van der Waals surface area contributed by atoms with Crippen LogP contribution in [0.15, 0.2) is 30.5 Å². The molecule has 1 N–H and O–H groups in total. The molecule has 1 saturated heterocycles. The van der Waals surface area contributed by atoms with Crippen molar-refractivity contribution >= 4 is 17.5 Å². The molecule has 1 aliphatic heterocycles. The molecule has 0 saturated carbocycles. The lowest BCUT2D eigenvalue weighted by Crippen LogP contribution is -2.22. The molecule has 1 amide bonds. The number of aromatic nitrogens is 2. The van der Waals surface area contributed by atoms with Crippen molar-refractivity contribution in [2.75, 3.05) is 23.3 Å². The lowest BCUT2D eigenvalue weighted by atomic mass is 10.1. The van der Waals surface area contributed by atoms with Crippen LogP contribution in [0.1, 0.15) is 34.5 Å². The van der Waals surface area contributed by atoms with Crippen LogP contribution in [-0.4, -0.2) is 29.0 Å². The van der Waals surface area contributed by atoms with Crippen molar-refractivity contribution in [3.05, 3.63) is 47.3 Å². The molecule has 0 bridgehead atoms. The van der Waals surface area contributed by atoms with Gasteiger partial charge < -0.3 is 10.2 Å². The minimum absolute atomic E-state index is 0.198. The van der Waals surface area contributed by atoms with Crippen molar-refractivity contribution in [3.63, 3.8) is 0 Å². The van der Waals surface area contributed by atoms with Crippen molar-refractivity contribution in [2.45, 2.75) is 26.7 Å². The van der Waals surface area contributed by atoms with Crippen molar-refractivity contribution in [3.8, 4) is 0 Å². The lowest BCUT2D eigenvalue weighted by molar-refractivity contribution is 0.102. The monoisotopic (exact) mass is 296 g/mol. The Morgan fingerprint density at radius 1 is 1.18 bits per heavy atom. The summed E-state index contributed by atoms with van der Waals surface area (Å²) in [6.45, 7) is 5.95. The standard InChI is InChI=1S/C17H20N4O/c1-12-6-5-7-14(13(12)2)19-16(22)15-8-9-18-17(20-15)21-10-3-4-11-21/h5-9H,3-4,10-11H2,1-2H3,(H,19,22). The Balaban J connectivity index is 1.80. The van der Waals surface area contributed by atoms with Crippen molar-refractivity contribution in [2.24, 2.45) is 0 Å². The Hall–Kier alpha value is -2.43. The van der Waals surface area contributed by atoms with Crippen molar-refractivity contribution < 1.29 is 4.79 Å². The fourth-order valence-electron chi connectivity index (χ4n) is 2.62. The third-order valence-electron chi connectivity index (χ3n) is 4.12. The van der Waals surface area contributed by atoms with E-state index in [1.165, 1.54) is 0 Å². The van der Waals surface area contributed by atoms with Gasteiger partial charge >= 0.3 is 0 Å². The van der Waals surface area contributed by atoms with E-state index in [-0.39, 0.29) is 5.91 Å². The van der Waals surface area contributed by atoms with E-state index in [2.05, 4.69) is 20.2 Å². The van der Waals surface area contributed by atoms with Crippen LogP contribution in [0, 0.1) is 13.8 Å². The first-order valence-corrected chi connectivity index (χ1v) is 7.61. The number of anilines is 2. The molecule has 0 unspecified atom stereocenters. The Morgan fingerprint density at radius 3 is 2.73 bits per heavy atom. The second-order valence-corrected chi connectivity index (χ2v) is 5.64. The molecule has 0 spiro atoms. The van der Waals surface area contributed by atoms with Gasteiger partial charge in [0.2, 0.25) is 5.95 Å². The summed E-state index contributed by atoms with van der Waals surface area (Å²) in [4.78, 5) is 23.2. The first kappa shape index (κ1) is 14.5. The normalized spacial score (nSPS) is 14.2. The molecule has 1 aliphatic rings. The number of aryl methyl sites for hydroxylation is 1. The molecule has 1 aromatic heterocycles. The minimum Gasteiger partial charge on any atom is -0.341 e. The van der Waals surface area contributed by atoms with E-state index in [0.717, 1.165) is 42.7 Å². The van der Waals surface area contributed by atoms with Crippen molar-refractivity contribution in [1.29, 1.82) is 0 Å². The zero-order valence-corrected chi connectivity index (χ0v) is 13.0. The van der Waals surface area contributed by atoms with E-state index in [0.29, 0.717) is 11.6 Å². The van der Waals surface area contributed by atoms with Gasteiger partial charge in [0.25, 0.3) is 5.91 Å². The van der Waals surface area contributed by atoms with Gasteiger partial charge in [0.05, 0.1) is 0 Å². The predicted octanol–water partition coefficient (Wildman–Crippen LogP) is 2.95. The van der Waals surface area contributed by atoms with Gasteiger partial charge in [0, 0.05) is 25.0 Å². The highest BCUT2D eigenvalue weighted by atomic mass is 16.1. The molecule has 22 heavy (non-hydrogen) atoms. The molecule has 1 aromatic carbocycles. The first-order valence-electron chi connectivity index (χ1n) is 7.61. The zero-order valence-electron chi connectivity index (χ0n) is 13.0. The highest BCUT2D eigenvalue weighted by Crippen LogP contribution is 2.19. The number of hydrogen-bond acceptors (Lipinski definition) is 4. The van der Waals surface area contributed by atoms with Crippen LogP contribution in [0.3, 0.4) is 0 Å². The number of carbonyl (C=O) groups is 1. The summed E-state index contributed by atoms with van der Waals surface area (Å²) in [5.41, 5.74) is 3.45. The van der Waals surface area contributed by atoms with Gasteiger partial charge in [-0.05, 0) is 49.9 Å². The van der Waals surface area contributed by atoms with E-state index < -0.39 is 0 Å². The lowest BCUT2D eigenvalue weighted by Gasteiger charge is -2.15. The van der Waals surface area contributed by atoms with E-state index in [1.807, 2.05) is 32.0 Å². The average Bonchev–Trinajstić information content (AvgIpc) is 3.06. The topological polar surface area (TPSA) is 58.1 Å². The minimum atomic E-state index is -0.198. The molecule has 1 fully saturated rings. The van der Waals surface area contributed by atoms with Gasteiger partial charge in [-0.15, -0.1) is 0 Å². The first-order chi connectivity index (χ1) is 10.6. The number of rotatable bonds is 3. The Morgan fingerprint density at radius 2 is 1.95 bits per heavy atom. The maximum atomic E-state index is 12.4. The predicted molar refractivity (Wildman–Crippen MR) is 87.3 cm³/mol. The number of benzene rings is 1. The smallest absolute Gasteiger partial charge is 0.274 e. The third kappa shape index (κ3) is 2.93.